The summed E-state index contributed by atoms with van der Waals surface area (Å²) in [6, 6.07) is 6.05. The first kappa shape index (κ1) is 17.1. The van der Waals surface area contributed by atoms with Gasteiger partial charge in [0.2, 0.25) is 0 Å². The summed E-state index contributed by atoms with van der Waals surface area (Å²) in [4.78, 5) is 16.6. The van der Waals surface area contributed by atoms with Crippen LogP contribution in [0.5, 0.6) is 0 Å². The Hall–Kier alpha value is -1.69. The van der Waals surface area contributed by atoms with Gasteiger partial charge in [0.05, 0.1) is 0 Å². The van der Waals surface area contributed by atoms with Crippen LogP contribution in [0.2, 0.25) is 0 Å². The van der Waals surface area contributed by atoms with Gasteiger partial charge >= 0.3 is 5.63 Å². The maximum absolute atomic E-state index is 11.9. The van der Waals surface area contributed by atoms with Crippen molar-refractivity contribution in [3.05, 3.63) is 45.3 Å². The first-order valence-corrected chi connectivity index (χ1v) is 8.55. The van der Waals surface area contributed by atoms with E-state index in [1.165, 1.54) is 5.56 Å². The SMILES string of the molecule is Cc1cc2oc(=O)cc(CN3CCN(C)C(CCO)C3)c2cc1C. The summed E-state index contributed by atoms with van der Waals surface area (Å²) in [5, 5.41) is 10.3. The van der Waals surface area contributed by atoms with Crippen molar-refractivity contribution in [3.8, 4) is 0 Å². The van der Waals surface area contributed by atoms with Gasteiger partial charge in [-0.25, -0.2) is 4.79 Å². The third kappa shape index (κ3) is 3.53. The maximum atomic E-state index is 11.9. The van der Waals surface area contributed by atoms with Crippen molar-refractivity contribution < 1.29 is 9.52 Å². The fourth-order valence-corrected chi connectivity index (χ4v) is 3.47. The van der Waals surface area contributed by atoms with Crippen LogP contribution in [0.4, 0.5) is 0 Å². The second-order valence-electron chi connectivity index (χ2n) is 6.91. The lowest BCUT2D eigenvalue weighted by atomic mass is 10.0. The number of aliphatic hydroxyl groups is 1. The number of aryl methyl sites for hydroxylation is 2. The van der Waals surface area contributed by atoms with Crippen molar-refractivity contribution >= 4 is 11.0 Å². The standard InChI is InChI=1S/C19H26N2O3/c1-13-8-17-15(10-19(23)24-18(17)9-14(13)2)11-21-6-5-20(3)16(12-21)4-7-22/h8-10,16,22H,4-7,11-12H2,1-3H3. The van der Waals surface area contributed by atoms with Crippen LogP contribution in [0, 0.1) is 13.8 Å². The molecule has 0 spiro atoms. The molecule has 3 rings (SSSR count). The summed E-state index contributed by atoms with van der Waals surface area (Å²) in [5.41, 5.74) is 3.74. The Labute approximate surface area is 142 Å². The molecule has 1 fully saturated rings. The lowest BCUT2D eigenvalue weighted by Gasteiger charge is -2.39. The number of benzene rings is 1. The molecule has 1 aliphatic rings. The molecule has 0 aliphatic carbocycles. The van der Waals surface area contributed by atoms with Gasteiger partial charge in [0, 0.05) is 50.3 Å². The third-order valence-electron chi connectivity index (χ3n) is 5.16. The molecule has 5 nitrogen and oxygen atoms in total. The normalized spacial score (nSPS) is 19.9. The Balaban J connectivity index is 1.89. The van der Waals surface area contributed by atoms with Gasteiger partial charge in [-0.05, 0) is 56.1 Å². The number of aliphatic hydroxyl groups excluding tert-OH is 1. The highest BCUT2D eigenvalue weighted by atomic mass is 16.4. The minimum Gasteiger partial charge on any atom is -0.423 e. The molecule has 0 saturated carbocycles. The number of fused-ring (bicyclic) bond motifs is 1. The lowest BCUT2D eigenvalue weighted by Crippen LogP contribution is -2.51. The van der Waals surface area contributed by atoms with E-state index < -0.39 is 0 Å². The van der Waals surface area contributed by atoms with E-state index in [1.807, 2.05) is 13.0 Å². The van der Waals surface area contributed by atoms with Crippen molar-refractivity contribution in [1.29, 1.82) is 0 Å². The number of rotatable bonds is 4. The second-order valence-corrected chi connectivity index (χ2v) is 6.91. The molecule has 1 aliphatic heterocycles. The van der Waals surface area contributed by atoms with Crippen molar-refractivity contribution in [3.63, 3.8) is 0 Å². The fraction of sp³-hybridized carbons (Fsp3) is 0.526. The van der Waals surface area contributed by atoms with Crippen LogP contribution in [0.15, 0.2) is 27.4 Å². The van der Waals surface area contributed by atoms with Gasteiger partial charge in [-0.1, -0.05) is 0 Å². The largest absolute Gasteiger partial charge is 0.423 e. The van der Waals surface area contributed by atoms with E-state index in [1.54, 1.807) is 6.07 Å². The molecular weight excluding hydrogens is 304 g/mol. The van der Waals surface area contributed by atoms with Crippen LogP contribution in [0.1, 0.15) is 23.1 Å². The Morgan fingerprint density at radius 2 is 1.96 bits per heavy atom. The molecular formula is C19H26N2O3. The first-order chi connectivity index (χ1) is 11.5. The molecule has 1 saturated heterocycles. The van der Waals surface area contributed by atoms with Crippen LogP contribution in [-0.4, -0.2) is 54.2 Å². The molecule has 1 aromatic heterocycles. The summed E-state index contributed by atoms with van der Waals surface area (Å²) in [5.74, 6) is 0. The van der Waals surface area contributed by atoms with E-state index in [0.717, 1.165) is 49.1 Å². The molecule has 1 atom stereocenters. The van der Waals surface area contributed by atoms with Gasteiger partial charge in [0.1, 0.15) is 5.58 Å². The molecule has 130 valence electrons. The molecule has 0 radical (unpaired) electrons. The summed E-state index contributed by atoms with van der Waals surface area (Å²) < 4.78 is 5.39. The molecule has 1 N–H and O–H groups in total. The number of hydrogen-bond donors (Lipinski definition) is 1. The predicted octanol–water partition coefficient (Wildman–Crippen LogP) is 1.91. The van der Waals surface area contributed by atoms with Crippen molar-refractivity contribution in [2.75, 3.05) is 33.3 Å². The molecule has 2 aromatic rings. The van der Waals surface area contributed by atoms with Crippen molar-refractivity contribution in [2.45, 2.75) is 32.9 Å². The summed E-state index contributed by atoms with van der Waals surface area (Å²) in [6.07, 6.45) is 0.781. The maximum Gasteiger partial charge on any atom is 0.336 e. The second kappa shape index (κ2) is 7.05. The minimum absolute atomic E-state index is 0.208. The monoisotopic (exact) mass is 330 g/mol. The number of piperazine rings is 1. The van der Waals surface area contributed by atoms with Crippen LogP contribution >= 0.6 is 0 Å². The highest BCUT2D eigenvalue weighted by molar-refractivity contribution is 5.81. The lowest BCUT2D eigenvalue weighted by molar-refractivity contribution is 0.0745. The Morgan fingerprint density at radius 1 is 1.21 bits per heavy atom. The Bertz CT molecular complexity index is 784. The molecule has 5 heteroatoms. The smallest absolute Gasteiger partial charge is 0.336 e. The van der Waals surface area contributed by atoms with E-state index in [2.05, 4.69) is 29.8 Å². The molecule has 0 amide bonds. The molecule has 1 aromatic carbocycles. The zero-order valence-corrected chi connectivity index (χ0v) is 14.7. The number of likely N-dealkylation sites (N-methyl/N-ethyl adjacent to an activating group) is 1. The topological polar surface area (TPSA) is 56.9 Å². The third-order valence-corrected chi connectivity index (χ3v) is 5.16. The Morgan fingerprint density at radius 3 is 2.71 bits per heavy atom. The van der Waals surface area contributed by atoms with Crippen molar-refractivity contribution in [1.82, 2.24) is 9.80 Å². The molecule has 0 bridgehead atoms. The van der Waals surface area contributed by atoms with Gasteiger partial charge in [-0.2, -0.15) is 0 Å². The van der Waals surface area contributed by atoms with Gasteiger partial charge < -0.3 is 14.4 Å². The van der Waals surface area contributed by atoms with E-state index in [0.29, 0.717) is 11.6 Å². The van der Waals surface area contributed by atoms with E-state index in [9.17, 15) is 9.90 Å². The van der Waals surface area contributed by atoms with E-state index in [-0.39, 0.29) is 12.2 Å². The number of nitrogens with zero attached hydrogens (tertiary/aromatic N) is 2. The van der Waals surface area contributed by atoms with Crippen LogP contribution in [0.3, 0.4) is 0 Å². The first-order valence-electron chi connectivity index (χ1n) is 8.55. The average Bonchev–Trinajstić information content (AvgIpc) is 2.53. The Kier molecular flexibility index (Phi) is 5.04. The zero-order valence-electron chi connectivity index (χ0n) is 14.7. The molecule has 1 unspecified atom stereocenters. The van der Waals surface area contributed by atoms with Crippen LogP contribution in [-0.2, 0) is 6.54 Å². The summed E-state index contributed by atoms with van der Waals surface area (Å²) in [7, 11) is 2.11. The van der Waals surface area contributed by atoms with E-state index >= 15 is 0 Å². The summed E-state index contributed by atoms with van der Waals surface area (Å²) in [6.45, 7) is 7.90. The van der Waals surface area contributed by atoms with Gasteiger partial charge in [0.15, 0.2) is 0 Å². The van der Waals surface area contributed by atoms with Gasteiger partial charge in [0.25, 0.3) is 0 Å². The van der Waals surface area contributed by atoms with Crippen molar-refractivity contribution in [2.24, 2.45) is 0 Å². The number of hydrogen-bond acceptors (Lipinski definition) is 5. The quantitative estimate of drug-likeness (QED) is 0.868. The fourth-order valence-electron chi connectivity index (χ4n) is 3.47. The van der Waals surface area contributed by atoms with Gasteiger partial charge in [-0.3, -0.25) is 4.90 Å². The predicted molar refractivity (Wildman–Crippen MR) is 95.4 cm³/mol. The van der Waals surface area contributed by atoms with E-state index in [4.69, 9.17) is 4.42 Å². The van der Waals surface area contributed by atoms with Crippen LogP contribution in [0.25, 0.3) is 11.0 Å². The molecule has 24 heavy (non-hydrogen) atoms. The molecule has 2 heterocycles. The van der Waals surface area contributed by atoms with Gasteiger partial charge in [-0.15, -0.1) is 0 Å². The average molecular weight is 330 g/mol. The minimum atomic E-state index is -0.290. The van der Waals surface area contributed by atoms with Crippen LogP contribution < -0.4 is 5.63 Å². The highest BCUT2D eigenvalue weighted by Crippen LogP contribution is 2.23. The zero-order chi connectivity index (χ0) is 17.3. The highest BCUT2D eigenvalue weighted by Gasteiger charge is 2.24. The summed E-state index contributed by atoms with van der Waals surface area (Å²) >= 11 is 0.